The van der Waals surface area contributed by atoms with Gasteiger partial charge in [0.2, 0.25) is 0 Å². The predicted octanol–water partition coefficient (Wildman–Crippen LogP) is 4.26. The minimum Gasteiger partial charge on any atom is -0.464 e. The average Bonchev–Trinajstić information content (AvgIpc) is 3.14. The van der Waals surface area contributed by atoms with Crippen LogP contribution in [0.15, 0.2) is 47.1 Å². The molecule has 1 N–H and O–H groups in total. The summed E-state index contributed by atoms with van der Waals surface area (Å²) in [6.45, 7) is 8.62. The fourth-order valence-electron chi connectivity index (χ4n) is 3.45. The van der Waals surface area contributed by atoms with E-state index in [1.165, 1.54) is 0 Å². The Balaban J connectivity index is 1.56. The quantitative estimate of drug-likeness (QED) is 0.533. The van der Waals surface area contributed by atoms with Crippen molar-refractivity contribution < 1.29 is 23.5 Å². The third kappa shape index (κ3) is 5.35. The van der Waals surface area contributed by atoms with Crippen molar-refractivity contribution in [3.05, 3.63) is 64.9 Å². The van der Waals surface area contributed by atoms with Crippen LogP contribution in [0.5, 0.6) is 0 Å². The Morgan fingerprint density at radius 1 is 1.03 bits per heavy atom. The standard InChI is InChI=1S/C25H28N2O5/c1-5-27(6-2)25(30)18-8-7-9-20(12-18)26-23(28)15-32-24(29)13-19-14-31-22-11-17(4)16(3)10-21(19)22/h7-12,14H,5-6,13,15H2,1-4H3,(H,26,28). The van der Waals surface area contributed by atoms with Gasteiger partial charge in [-0.2, -0.15) is 0 Å². The molecule has 0 unspecified atom stereocenters. The summed E-state index contributed by atoms with van der Waals surface area (Å²) in [7, 11) is 0. The number of ether oxygens (including phenoxy) is 1. The lowest BCUT2D eigenvalue weighted by atomic mass is 10.0. The first-order valence-electron chi connectivity index (χ1n) is 10.6. The van der Waals surface area contributed by atoms with Crippen molar-refractivity contribution in [1.82, 2.24) is 4.90 Å². The second-order valence-electron chi connectivity index (χ2n) is 7.64. The van der Waals surface area contributed by atoms with Crippen molar-refractivity contribution in [1.29, 1.82) is 0 Å². The van der Waals surface area contributed by atoms with Gasteiger partial charge in [-0.1, -0.05) is 6.07 Å². The van der Waals surface area contributed by atoms with E-state index < -0.39 is 18.5 Å². The zero-order valence-electron chi connectivity index (χ0n) is 18.9. The molecular formula is C25H28N2O5. The Labute approximate surface area is 187 Å². The number of hydrogen-bond acceptors (Lipinski definition) is 5. The highest BCUT2D eigenvalue weighted by Crippen LogP contribution is 2.25. The largest absolute Gasteiger partial charge is 0.464 e. The SMILES string of the molecule is CCN(CC)C(=O)c1cccc(NC(=O)COC(=O)Cc2coc3cc(C)c(C)cc23)c1. The van der Waals surface area contributed by atoms with Crippen LogP contribution in [0.2, 0.25) is 0 Å². The molecule has 7 heteroatoms. The molecule has 0 radical (unpaired) electrons. The van der Waals surface area contributed by atoms with Gasteiger partial charge >= 0.3 is 5.97 Å². The summed E-state index contributed by atoms with van der Waals surface area (Å²) in [5.74, 6) is -1.10. The van der Waals surface area contributed by atoms with Crippen molar-refractivity contribution in [3.8, 4) is 0 Å². The number of carbonyl (C=O) groups excluding carboxylic acids is 3. The lowest BCUT2D eigenvalue weighted by Gasteiger charge is -2.19. The molecule has 0 aliphatic carbocycles. The van der Waals surface area contributed by atoms with E-state index >= 15 is 0 Å². The van der Waals surface area contributed by atoms with E-state index in [1.807, 2.05) is 39.8 Å². The number of furan rings is 1. The molecule has 2 amide bonds. The van der Waals surface area contributed by atoms with Crippen molar-refractivity contribution in [2.75, 3.05) is 25.0 Å². The van der Waals surface area contributed by atoms with Crippen LogP contribution in [-0.4, -0.2) is 42.4 Å². The molecule has 0 saturated heterocycles. The van der Waals surface area contributed by atoms with Gasteiger partial charge in [0.1, 0.15) is 5.58 Å². The van der Waals surface area contributed by atoms with E-state index in [9.17, 15) is 14.4 Å². The van der Waals surface area contributed by atoms with Crippen molar-refractivity contribution in [3.63, 3.8) is 0 Å². The van der Waals surface area contributed by atoms with Crippen molar-refractivity contribution >= 4 is 34.4 Å². The van der Waals surface area contributed by atoms with E-state index in [-0.39, 0.29) is 12.3 Å². The Morgan fingerprint density at radius 3 is 2.47 bits per heavy atom. The van der Waals surface area contributed by atoms with Crippen LogP contribution in [0.3, 0.4) is 0 Å². The highest BCUT2D eigenvalue weighted by Gasteiger charge is 2.16. The molecule has 3 aromatic rings. The number of anilines is 1. The van der Waals surface area contributed by atoms with Gasteiger partial charge in [0.15, 0.2) is 6.61 Å². The molecule has 0 fully saturated rings. The fraction of sp³-hybridized carbons (Fsp3) is 0.320. The fourth-order valence-corrected chi connectivity index (χ4v) is 3.45. The van der Waals surface area contributed by atoms with Gasteiger partial charge in [-0.15, -0.1) is 0 Å². The maximum atomic E-state index is 12.5. The first-order chi connectivity index (χ1) is 15.3. The maximum absolute atomic E-state index is 12.5. The summed E-state index contributed by atoms with van der Waals surface area (Å²) in [6.07, 6.45) is 1.56. The zero-order valence-corrected chi connectivity index (χ0v) is 18.9. The Hall–Kier alpha value is -3.61. The van der Waals surface area contributed by atoms with Gasteiger partial charge in [0, 0.05) is 35.3 Å². The van der Waals surface area contributed by atoms with Gasteiger partial charge in [0.05, 0.1) is 12.7 Å². The third-order valence-corrected chi connectivity index (χ3v) is 5.41. The van der Waals surface area contributed by atoms with Gasteiger partial charge < -0.3 is 19.4 Å². The highest BCUT2D eigenvalue weighted by atomic mass is 16.5. The number of nitrogens with zero attached hydrogens (tertiary/aromatic N) is 1. The number of amides is 2. The third-order valence-electron chi connectivity index (χ3n) is 5.41. The second kappa shape index (κ2) is 10.1. The summed E-state index contributed by atoms with van der Waals surface area (Å²) >= 11 is 0. The van der Waals surface area contributed by atoms with E-state index in [2.05, 4.69) is 5.32 Å². The Kier molecular flexibility index (Phi) is 7.30. The van der Waals surface area contributed by atoms with Crippen LogP contribution in [-0.2, 0) is 20.7 Å². The van der Waals surface area contributed by atoms with E-state index in [4.69, 9.17) is 9.15 Å². The van der Waals surface area contributed by atoms with E-state index in [0.717, 1.165) is 22.1 Å². The van der Waals surface area contributed by atoms with Crippen LogP contribution >= 0.6 is 0 Å². The van der Waals surface area contributed by atoms with Crippen LogP contribution in [0, 0.1) is 13.8 Å². The Bertz CT molecular complexity index is 1140. The topological polar surface area (TPSA) is 88.9 Å². The molecule has 0 aliphatic heterocycles. The Morgan fingerprint density at radius 2 is 1.75 bits per heavy atom. The summed E-state index contributed by atoms with van der Waals surface area (Å²) < 4.78 is 10.7. The molecular weight excluding hydrogens is 408 g/mol. The molecule has 1 aromatic heterocycles. The van der Waals surface area contributed by atoms with Crippen LogP contribution in [0.25, 0.3) is 11.0 Å². The van der Waals surface area contributed by atoms with Gasteiger partial charge in [-0.25, -0.2) is 0 Å². The monoisotopic (exact) mass is 436 g/mol. The van der Waals surface area contributed by atoms with Crippen molar-refractivity contribution in [2.45, 2.75) is 34.1 Å². The maximum Gasteiger partial charge on any atom is 0.310 e. The van der Waals surface area contributed by atoms with Crippen LogP contribution in [0.4, 0.5) is 5.69 Å². The smallest absolute Gasteiger partial charge is 0.310 e. The van der Waals surface area contributed by atoms with Gasteiger partial charge in [0.25, 0.3) is 11.8 Å². The number of esters is 1. The number of hydrogen-bond donors (Lipinski definition) is 1. The van der Waals surface area contributed by atoms with E-state index in [1.54, 1.807) is 35.4 Å². The number of benzene rings is 2. The summed E-state index contributed by atoms with van der Waals surface area (Å²) in [4.78, 5) is 38.7. The molecule has 0 atom stereocenters. The molecule has 0 aliphatic rings. The first-order valence-corrected chi connectivity index (χ1v) is 10.6. The number of nitrogens with one attached hydrogen (secondary N) is 1. The van der Waals surface area contributed by atoms with E-state index in [0.29, 0.717) is 29.9 Å². The highest BCUT2D eigenvalue weighted by molar-refractivity contribution is 5.98. The number of fused-ring (bicyclic) bond motifs is 1. The predicted molar refractivity (Wildman–Crippen MR) is 123 cm³/mol. The molecule has 0 spiro atoms. The first kappa shape index (κ1) is 23.1. The number of aryl methyl sites for hydroxylation is 2. The minimum atomic E-state index is -0.522. The second-order valence-corrected chi connectivity index (χ2v) is 7.64. The molecule has 168 valence electrons. The molecule has 32 heavy (non-hydrogen) atoms. The molecule has 7 nitrogen and oxygen atoms in total. The molecule has 3 rings (SSSR count). The van der Waals surface area contributed by atoms with Crippen LogP contribution < -0.4 is 5.32 Å². The normalized spacial score (nSPS) is 10.8. The van der Waals surface area contributed by atoms with Gasteiger partial charge in [-0.05, 0) is 69.2 Å². The zero-order chi connectivity index (χ0) is 23.3. The minimum absolute atomic E-state index is 0.0106. The summed E-state index contributed by atoms with van der Waals surface area (Å²) in [6, 6.07) is 10.6. The molecule has 0 bridgehead atoms. The number of rotatable bonds is 8. The van der Waals surface area contributed by atoms with Gasteiger partial charge in [-0.3, -0.25) is 14.4 Å². The summed E-state index contributed by atoms with van der Waals surface area (Å²) in [5.41, 5.74) is 4.61. The molecule has 1 heterocycles. The summed E-state index contributed by atoms with van der Waals surface area (Å²) in [5, 5.41) is 3.53. The molecule has 2 aromatic carbocycles. The lowest BCUT2D eigenvalue weighted by Crippen LogP contribution is -2.30. The average molecular weight is 437 g/mol. The van der Waals surface area contributed by atoms with Crippen molar-refractivity contribution in [2.24, 2.45) is 0 Å². The lowest BCUT2D eigenvalue weighted by molar-refractivity contribution is -0.146. The van der Waals surface area contributed by atoms with Crippen LogP contribution in [0.1, 0.15) is 40.9 Å². The number of carbonyl (C=O) groups is 3. The molecule has 0 saturated carbocycles.